The van der Waals surface area contributed by atoms with Gasteiger partial charge in [0.1, 0.15) is 11.8 Å². The lowest BCUT2D eigenvalue weighted by molar-refractivity contribution is -0.385. The Kier molecular flexibility index (Phi) is 7.87. The molecule has 0 aliphatic carbocycles. The van der Waals surface area contributed by atoms with Crippen LogP contribution >= 0.6 is 0 Å². The summed E-state index contributed by atoms with van der Waals surface area (Å²) < 4.78 is 5.18. The minimum atomic E-state index is -1.37. The first-order valence-corrected chi connectivity index (χ1v) is 13.4. The highest BCUT2D eigenvalue weighted by Crippen LogP contribution is 2.51. The van der Waals surface area contributed by atoms with Crippen LogP contribution in [0.15, 0.2) is 78.9 Å². The first-order valence-electron chi connectivity index (χ1n) is 13.4. The number of hydrogen-bond acceptors (Lipinski definition) is 7. The number of amides is 5. The van der Waals surface area contributed by atoms with E-state index in [0.717, 1.165) is 10.5 Å². The van der Waals surface area contributed by atoms with Crippen LogP contribution in [0.1, 0.15) is 24.1 Å². The zero-order valence-electron chi connectivity index (χ0n) is 22.9. The third-order valence-electron chi connectivity index (χ3n) is 7.57. The number of nitro groups is 1. The number of likely N-dealkylation sites (tertiary alicyclic amines) is 1. The van der Waals surface area contributed by atoms with Crippen molar-refractivity contribution >= 4 is 35.1 Å². The van der Waals surface area contributed by atoms with Crippen molar-refractivity contribution in [2.75, 3.05) is 18.6 Å². The summed E-state index contributed by atoms with van der Waals surface area (Å²) in [5.41, 5.74) is 1.11. The molecule has 0 bridgehead atoms. The topological polar surface area (TPSA) is 151 Å². The van der Waals surface area contributed by atoms with E-state index in [-0.39, 0.29) is 24.3 Å². The van der Waals surface area contributed by atoms with Gasteiger partial charge >= 0.3 is 6.03 Å². The van der Waals surface area contributed by atoms with Crippen LogP contribution in [0.25, 0.3) is 0 Å². The van der Waals surface area contributed by atoms with Crippen molar-refractivity contribution in [3.8, 4) is 5.75 Å². The van der Waals surface area contributed by atoms with Gasteiger partial charge in [-0.1, -0.05) is 42.5 Å². The number of nitrogens with zero attached hydrogens (tertiary/aromatic N) is 3. The number of fused-ring (bicyclic) bond motifs is 1. The predicted octanol–water partition coefficient (Wildman–Crippen LogP) is 3.18. The molecule has 2 N–H and O–H groups in total. The minimum absolute atomic E-state index is 0.0892. The Balaban J connectivity index is 1.59. The molecule has 2 aliphatic heterocycles. The number of imide groups is 1. The molecule has 12 heteroatoms. The van der Waals surface area contributed by atoms with Crippen LogP contribution in [0, 0.1) is 22.0 Å². The third-order valence-corrected chi connectivity index (χ3v) is 7.57. The molecule has 2 aliphatic rings. The average Bonchev–Trinajstić information content (AvgIpc) is 3.49. The number of ether oxygens (including phenoxy) is 1. The van der Waals surface area contributed by atoms with Gasteiger partial charge in [-0.25, -0.2) is 9.69 Å². The fourth-order valence-electron chi connectivity index (χ4n) is 5.74. The molecular formula is C30H29N5O7. The molecule has 5 amide bonds. The van der Waals surface area contributed by atoms with Crippen LogP contribution in [-0.4, -0.2) is 53.3 Å². The lowest BCUT2D eigenvalue weighted by Gasteiger charge is -2.33. The van der Waals surface area contributed by atoms with Crippen LogP contribution in [0.3, 0.4) is 0 Å². The van der Waals surface area contributed by atoms with Gasteiger partial charge in [-0.05, 0) is 42.3 Å². The van der Waals surface area contributed by atoms with Crippen LogP contribution in [0.5, 0.6) is 5.75 Å². The van der Waals surface area contributed by atoms with Gasteiger partial charge in [0.15, 0.2) is 0 Å². The number of anilines is 1. The fraction of sp³-hybridized carbons (Fsp3) is 0.267. The average molecular weight is 572 g/mol. The molecule has 0 spiro atoms. The number of methoxy groups -OCH3 is 1. The highest BCUT2D eigenvalue weighted by atomic mass is 16.6. The van der Waals surface area contributed by atoms with Gasteiger partial charge in [0, 0.05) is 25.2 Å². The number of nitrogens with one attached hydrogen (secondary N) is 2. The SMILES string of the molecule is CCNC(=O)N1C(C(=O)NCc2ccc(OC)cc2)C2C(=O)N(c3ccccc3)C(=O)C2C1c1cccc([N+](=O)[O-])c1. The summed E-state index contributed by atoms with van der Waals surface area (Å²) in [6, 6.07) is 17.8. The highest BCUT2D eigenvalue weighted by molar-refractivity contribution is 6.24. The number of non-ortho nitro benzene ring substituents is 1. The molecule has 2 saturated heterocycles. The van der Waals surface area contributed by atoms with Crippen molar-refractivity contribution in [3.63, 3.8) is 0 Å². The lowest BCUT2D eigenvalue weighted by Crippen LogP contribution is -2.54. The maximum absolute atomic E-state index is 14.0. The third kappa shape index (κ3) is 5.02. The van der Waals surface area contributed by atoms with E-state index in [1.807, 2.05) is 0 Å². The zero-order valence-corrected chi connectivity index (χ0v) is 22.9. The van der Waals surface area contributed by atoms with Crippen LogP contribution in [0.2, 0.25) is 0 Å². The van der Waals surface area contributed by atoms with E-state index in [1.165, 1.54) is 23.1 Å². The molecule has 0 saturated carbocycles. The predicted molar refractivity (Wildman–Crippen MR) is 151 cm³/mol. The zero-order chi connectivity index (χ0) is 30.0. The molecule has 4 unspecified atom stereocenters. The summed E-state index contributed by atoms with van der Waals surface area (Å²) >= 11 is 0. The lowest BCUT2D eigenvalue weighted by atomic mass is 9.86. The number of hydrogen-bond donors (Lipinski definition) is 2. The van der Waals surface area contributed by atoms with Crippen molar-refractivity contribution in [3.05, 3.63) is 100 Å². The molecular weight excluding hydrogens is 542 g/mol. The Bertz CT molecular complexity index is 1530. The summed E-state index contributed by atoms with van der Waals surface area (Å²) in [5, 5.41) is 17.1. The van der Waals surface area contributed by atoms with Gasteiger partial charge in [-0.15, -0.1) is 0 Å². The van der Waals surface area contributed by atoms with Gasteiger partial charge in [-0.2, -0.15) is 0 Å². The Morgan fingerprint density at radius 1 is 0.929 bits per heavy atom. The second-order valence-electron chi connectivity index (χ2n) is 9.95. The summed E-state index contributed by atoms with van der Waals surface area (Å²) in [5.74, 6) is -3.58. The van der Waals surface area contributed by atoms with Crippen molar-refractivity contribution in [2.24, 2.45) is 11.8 Å². The molecule has 2 fully saturated rings. The summed E-state index contributed by atoms with van der Waals surface area (Å²) in [6.45, 7) is 2.00. The first kappa shape index (κ1) is 28.3. The van der Waals surface area contributed by atoms with E-state index < -0.39 is 52.6 Å². The largest absolute Gasteiger partial charge is 0.497 e. The Morgan fingerprint density at radius 3 is 2.26 bits per heavy atom. The second-order valence-corrected chi connectivity index (χ2v) is 9.95. The van der Waals surface area contributed by atoms with E-state index in [0.29, 0.717) is 11.4 Å². The minimum Gasteiger partial charge on any atom is -0.497 e. The number of benzene rings is 3. The molecule has 216 valence electrons. The van der Waals surface area contributed by atoms with E-state index in [9.17, 15) is 29.3 Å². The summed E-state index contributed by atoms with van der Waals surface area (Å²) in [4.78, 5) is 68.7. The monoisotopic (exact) mass is 571 g/mol. The van der Waals surface area contributed by atoms with E-state index in [1.54, 1.807) is 74.7 Å². The van der Waals surface area contributed by atoms with E-state index >= 15 is 0 Å². The molecule has 5 rings (SSSR count). The highest BCUT2D eigenvalue weighted by Gasteiger charge is 2.65. The maximum Gasteiger partial charge on any atom is 0.318 e. The molecule has 42 heavy (non-hydrogen) atoms. The van der Waals surface area contributed by atoms with E-state index in [4.69, 9.17) is 4.74 Å². The van der Waals surface area contributed by atoms with Crippen molar-refractivity contribution < 1.29 is 28.8 Å². The number of carbonyl (C=O) groups is 4. The molecule has 3 aromatic carbocycles. The normalized spacial score (nSPS) is 21.2. The van der Waals surface area contributed by atoms with Gasteiger partial charge in [0.25, 0.3) is 5.69 Å². The smallest absolute Gasteiger partial charge is 0.318 e. The molecule has 2 heterocycles. The van der Waals surface area contributed by atoms with Gasteiger partial charge in [0.05, 0.1) is 35.6 Å². The van der Waals surface area contributed by atoms with Crippen LogP contribution < -0.4 is 20.3 Å². The quantitative estimate of drug-likeness (QED) is 0.239. The van der Waals surface area contributed by atoms with Crippen LogP contribution in [-0.2, 0) is 20.9 Å². The number of para-hydroxylation sites is 1. The maximum atomic E-state index is 14.0. The van der Waals surface area contributed by atoms with Crippen molar-refractivity contribution in [2.45, 2.75) is 25.6 Å². The number of nitro benzene ring substituents is 1. The number of carbonyl (C=O) groups excluding carboxylic acids is 4. The van der Waals surface area contributed by atoms with Gasteiger partial charge < -0.3 is 20.3 Å². The Labute approximate surface area is 241 Å². The summed E-state index contributed by atoms with van der Waals surface area (Å²) in [6.07, 6.45) is 0. The molecule has 0 radical (unpaired) electrons. The molecule has 3 aromatic rings. The molecule has 0 aromatic heterocycles. The second kappa shape index (κ2) is 11.7. The standard InChI is InChI=1S/C30H29N5O7/c1-3-31-30(39)34-25(19-8-7-11-21(16-19)35(40)41)23-24(29(38)33(28(23)37)20-9-5-4-6-10-20)26(34)27(36)32-17-18-12-14-22(42-2)15-13-18/h4-16,23-26H,3,17H2,1-2H3,(H,31,39)(H,32,36). The summed E-state index contributed by atoms with van der Waals surface area (Å²) in [7, 11) is 1.54. The first-order chi connectivity index (χ1) is 20.3. The van der Waals surface area contributed by atoms with Gasteiger partial charge in [-0.3, -0.25) is 24.5 Å². The van der Waals surface area contributed by atoms with Gasteiger partial charge in [0.2, 0.25) is 17.7 Å². The molecule has 12 nitrogen and oxygen atoms in total. The fourth-order valence-corrected chi connectivity index (χ4v) is 5.74. The van der Waals surface area contributed by atoms with Crippen molar-refractivity contribution in [1.82, 2.24) is 15.5 Å². The number of rotatable bonds is 8. The molecule has 4 atom stereocenters. The van der Waals surface area contributed by atoms with E-state index in [2.05, 4.69) is 10.6 Å². The van der Waals surface area contributed by atoms with Crippen molar-refractivity contribution in [1.29, 1.82) is 0 Å². The van der Waals surface area contributed by atoms with Crippen LogP contribution in [0.4, 0.5) is 16.2 Å². The Hall–Kier alpha value is -5.26. The Morgan fingerprint density at radius 2 is 1.62 bits per heavy atom. The number of urea groups is 1.